The van der Waals surface area contributed by atoms with Gasteiger partial charge in [0.05, 0.1) is 17.6 Å². The third-order valence-electron chi connectivity index (χ3n) is 4.92. The number of anilines is 1. The highest BCUT2D eigenvalue weighted by molar-refractivity contribution is 6.06. The van der Waals surface area contributed by atoms with E-state index in [0.717, 1.165) is 52.0 Å². The van der Waals surface area contributed by atoms with Crippen molar-refractivity contribution in [1.82, 2.24) is 20.0 Å². The quantitative estimate of drug-likeness (QED) is 0.457. The summed E-state index contributed by atoms with van der Waals surface area (Å²) in [5.41, 5.74) is 14.0. The zero-order valence-corrected chi connectivity index (χ0v) is 16.7. The number of allylic oxidation sites excluding steroid dienone is 2. The lowest BCUT2D eigenvalue weighted by Gasteiger charge is -2.10. The summed E-state index contributed by atoms with van der Waals surface area (Å²) in [6, 6.07) is 18.1. The Morgan fingerprint density at radius 2 is 1.86 bits per heavy atom. The number of imidazole rings is 1. The number of aromatic nitrogens is 3. The highest BCUT2D eigenvalue weighted by Crippen LogP contribution is 2.28. The average Bonchev–Trinajstić information content (AvgIpc) is 3.06. The first kappa shape index (κ1) is 19.0. The molecule has 0 fully saturated rings. The number of fused-ring (bicyclic) bond motifs is 3. The van der Waals surface area contributed by atoms with E-state index < -0.39 is 0 Å². The zero-order chi connectivity index (χ0) is 20.2. The van der Waals surface area contributed by atoms with Crippen molar-refractivity contribution >= 4 is 27.8 Å². The molecule has 29 heavy (non-hydrogen) atoms. The molecule has 0 aliphatic carbocycles. The Hall–Kier alpha value is -3.38. The van der Waals surface area contributed by atoms with E-state index in [9.17, 15) is 0 Å². The summed E-state index contributed by atoms with van der Waals surface area (Å²) in [5.74, 6) is 1.41. The van der Waals surface area contributed by atoms with Crippen LogP contribution in [0.2, 0.25) is 0 Å². The molecule has 148 valence electrons. The fourth-order valence-corrected chi connectivity index (χ4v) is 3.50. The third kappa shape index (κ3) is 4.07. The maximum absolute atomic E-state index is 6.16. The van der Waals surface area contributed by atoms with Crippen molar-refractivity contribution in [2.45, 2.75) is 33.4 Å². The second-order valence-corrected chi connectivity index (χ2v) is 7.07. The van der Waals surface area contributed by atoms with Gasteiger partial charge in [0.1, 0.15) is 11.3 Å². The van der Waals surface area contributed by atoms with Crippen LogP contribution in [0, 0.1) is 6.92 Å². The van der Waals surface area contributed by atoms with Crippen molar-refractivity contribution in [3.05, 3.63) is 77.8 Å². The fourth-order valence-electron chi connectivity index (χ4n) is 3.50. The summed E-state index contributed by atoms with van der Waals surface area (Å²) in [6.45, 7) is 5.33. The van der Waals surface area contributed by atoms with Crippen LogP contribution in [0.3, 0.4) is 0 Å². The topological polar surface area (TPSA) is 78.0 Å². The minimum atomic E-state index is 0.475. The first-order valence-corrected chi connectivity index (χ1v) is 9.73. The number of aryl methyl sites for hydroxylation is 2. The lowest BCUT2D eigenvalue weighted by Crippen LogP contribution is -2.12. The van der Waals surface area contributed by atoms with Crippen LogP contribution in [0.15, 0.2) is 66.4 Å². The van der Waals surface area contributed by atoms with Crippen molar-refractivity contribution < 1.29 is 4.84 Å². The lowest BCUT2D eigenvalue weighted by molar-refractivity contribution is 0.0491. The van der Waals surface area contributed by atoms with E-state index in [4.69, 9.17) is 10.6 Å². The Balaban J connectivity index is 1.47. The minimum Gasteiger partial charge on any atom is -0.382 e. The van der Waals surface area contributed by atoms with Gasteiger partial charge < -0.3 is 10.3 Å². The lowest BCUT2D eigenvalue weighted by atomic mass is 10.2. The van der Waals surface area contributed by atoms with Gasteiger partial charge in [-0.1, -0.05) is 54.6 Å². The number of benzene rings is 2. The summed E-state index contributed by atoms with van der Waals surface area (Å²) in [5, 5.41) is 1.07. The number of hydroxylamine groups is 1. The van der Waals surface area contributed by atoms with Crippen LogP contribution in [0.1, 0.15) is 24.7 Å². The van der Waals surface area contributed by atoms with Crippen molar-refractivity contribution in [3.8, 4) is 0 Å². The predicted molar refractivity (Wildman–Crippen MR) is 117 cm³/mol. The number of hydrogen-bond donors (Lipinski definition) is 2. The van der Waals surface area contributed by atoms with E-state index >= 15 is 0 Å². The van der Waals surface area contributed by atoms with Gasteiger partial charge in [-0.25, -0.2) is 9.97 Å². The summed E-state index contributed by atoms with van der Waals surface area (Å²) in [7, 11) is 0. The highest BCUT2D eigenvalue weighted by Gasteiger charge is 2.14. The third-order valence-corrected chi connectivity index (χ3v) is 4.92. The molecule has 6 heteroatoms. The highest BCUT2D eigenvalue weighted by atomic mass is 16.6. The number of nitrogens with one attached hydrogen (secondary N) is 1. The molecule has 0 aliphatic heterocycles. The van der Waals surface area contributed by atoms with E-state index in [-0.39, 0.29) is 0 Å². The monoisotopic (exact) mass is 387 g/mol. The summed E-state index contributed by atoms with van der Waals surface area (Å²) < 4.78 is 2.21. The summed E-state index contributed by atoms with van der Waals surface area (Å²) in [6.07, 6.45) is 2.97. The van der Waals surface area contributed by atoms with Gasteiger partial charge in [-0.05, 0) is 31.9 Å². The fraction of sp³-hybridized carbons (Fsp3) is 0.217. The largest absolute Gasteiger partial charge is 0.382 e. The molecule has 6 nitrogen and oxygen atoms in total. The zero-order valence-electron chi connectivity index (χ0n) is 16.7. The maximum Gasteiger partial charge on any atom is 0.152 e. The number of nitrogens with two attached hydrogens (primary N) is 1. The Morgan fingerprint density at radius 3 is 2.69 bits per heavy atom. The van der Waals surface area contributed by atoms with Gasteiger partial charge in [0.2, 0.25) is 0 Å². The van der Waals surface area contributed by atoms with E-state index in [1.807, 2.05) is 62.4 Å². The van der Waals surface area contributed by atoms with Crippen LogP contribution in [0.25, 0.3) is 21.9 Å². The normalized spacial score (nSPS) is 12.0. The van der Waals surface area contributed by atoms with Gasteiger partial charge >= 0.3 is 0 Å². The first-order valence-electron chi connectivity index (χ1n) is 9.73. The molecule has 0 radical (unpaired) electrons. The number of nitrogens with zero attached hydrogens (tertiary/aromatic N) is 3. The van der Waals surface area contributed by atoms with Crippen molar-refractivity contribution in [2.75, 3.05) is 5.73 Å². The Bertz CT molecular complexity index is 1160. The van der Waals surface area contributed by atoms with Crippen LogP contribution < -0.4 is 11.2 Å². The molecular weight excluding hydrogens is 362 g/mol. The van der Waals surface area contributed by atoms with Gasteiger partial charge in [0, 0.05) is 17.6 Å². The molecule has 0 atom stereocenters. The Labute approximate surface area is 170 Å². The van der Waals surface area contributed by atoms with Gasteiger partial charge in [-0.15, -0.1) is 0 Å². The van der Waals surface area contributed by atoms with Gasteiger partial charge in [-0.3, -0.25) is 10.3 Å². The number of pyridine rings is 1. The molecule has 4 aromatic rings. The number of para-hydroxylation sites is 1. The molecule has 0 saturated carbocycles. The number of hydrogen-bond acceptors (Lipinski definition) is 5. The standard InChI is InChI=1S/C23H25N5O/c1-16(27-29-15-18-10-4-3-5-11-18)9-8-14-28-17(2)25-21-22(28)19-12-6-7-13-20(19)26-23(21)24/h3-7,9-13,27H,8,14-15H2,1-2H3,(H2,24,26). The van der Waals surface area contributed by atoms with Gasteiger partial charge in [0.25, 0.3) is 0 Å². The smallest absolute Gasteiger partial charge is 0.152 e. The Kier molecular flexibility index (Phi) is 5.44. The van der Waals surface area contributed by atoms with E-state index in [1.165, 1.54) is 0 Å². The molecule has 2 aromatic heterocycles. The predicted octanol–water partition coefficient (Wildman–Crippen LogP) is 4.49. The van der Waals surface area contributed by atoms with Crippen LogP contribution in [-0.2, 0) is 18.0 Å². The molecule has 2 heterocycles. The minimum absolute atomic E-state index is 0.475. The maximum atomic E-state index is 6.16. The van der Waals surface area contributed by atoms with Crippen LogP contribution in [0.5, 0.6) is 0 Å². The molecule has 3 N–H and O–H groups in total. The molecule has 0 bridgehead atoms. The Morgan fingerprint density at radius 1 is 1.10 bits per heavy atom. The molecule has 0 unspecified atom stereocenters. The van der Waals surface area contributed by atoms with Gasteiger partial charge in [-0.2, -0.15) is 0 Å². The molecule has 2 aromatic carbocycles. The summed E-state index contributed by atoms with van der Waals surface area (Å²) >= 11 is 0. The molecule has 0 saturated heterocycles. The molecule has 0 aliphatic rings. The molecule has 0 spiro atoms. The SMILES string of the molecule is CC(=CCCn1c(C)nc2c(N)nc3ccccc3c21)NOCc1ccccc1. The number of rotatable bonds is 7. The van der Waals surface area contributed by atoms with Gasteiger partial charge in [0.15, 0.2) is 5.82 Å². The van der Waals surface area contributed by atoms with Crippen LogP contribution in [0.4, 0.5) is 5.82 Å². The summed E-state index contributed by atoms with van der Waals surface area (Å²) in [4.78, 5) is 14.7. The van der Waals surface area contributed by atoms with Crippen molar-refractivity contribution in [1.29, 1.82) is 0 Å². The molecular formula is C23H25N5O. The molecule has 4 rings (SSSR count). The van der Waals surface area contributed by atoms with Crippen molar-refractivity contribution in [3.63, 3.8) is 0 Å². The average molecular weight is 387 g/mol. The van der Waals surface area contributed by atoms with E-state index in [2.05, 4.69) is 32.2 Å². The molecule has 0 amide bonds. The van der Waals surface area contributed by atoms with Crippen molar-refractivity contribution in [2.24, 2.45) is 0 Å². The second-order valence-electron chi connectivity index (χ2n) is 7.07. The second kappa shape index (κ2) is 8.32. The van der Waals surface area contributed by atoms with Crippen LogP contribution in [-0.4, -0.2) is 14.5 Å². The number of nitrogen functional groups attached to an aromatic ring is 1. The van der Waals surface area contributed by atoms with Crippen LogP contribution >= 0.6 is 0 Å². The first-order chi connectivity index (χ1) is 14.1. The van der Waals surface area contributed by atoms with E-state index in [0.29, 0.717) is 12.4 Å². The van der Waals surface area contributed by atoms with E-state index in [1.54, 1.807) is 0 Å².